The van der Waals surface area contributed by atoms with Crippen molar-refractivity contribution in [3.63, 3.8) is 0 Å². The molecule has 3 heteroatoms. The fourth-order valence-corrected chi connectivity index (χ4v) is 1.26. The molecule has 0 aliphatic heterocycles. The Bertz CT molecular complexity index is 298. The highest BCUT2D eigenvalue weighted by atomic mass is 15.0. The average molecular weight is 191 g/mol. The number of hydrogen-bond donors (Lipinski definition) is 1. The van der Waals surface area contributed by atoms with Gasteiger partial charge in [-0.05, 0) is 27.2 Å². The molecule has 0 saturated carbocycles. The lowest BCUT2D eigenvalue weighted by molar-refractivity contribution is 0.980. The SMILES string of the molecule is C/C=C/CCNc1cc(C)nc(C)n1. The Morgan fingerprint density at radius 2 is 2.14 bits per heavy atom. The van der Waals surface area contributed by atoms with Gasteiger partial charge >= 0.3 is 0 Å². The van der Waals surface area contributed by atoms with Gasteiger partial charge in [-0.1, -0.05) is 12.2 Å². The Balaban J connectivity index is 2.50. The van der Waals surface area contributed by atoms with Crippen LogP contribution in [0.5, 0.6) is 0 Å². The van der Waals surface area contributed by atoms with Crippen LogP contribution in [0.3, 0.4) is 0 Å². The van der Waals surface area contributed by atoms with Gasteiger partial charge in [0.2, 0.25) is 0 Å². The molecule has 0 amide bonds. The van der Waals surface area contributed by atoms with Crippen molar-refractivity contribution >= 4 is 5.82 Å². The van der Waals surface area contributed by atoms with Crippen molar-refractivity contribution in [2.24, 2.45) is 0 Å². The number of aromatic nitrogens is 2. The largest absolute Gasteiger partial charge is 0.370 e. The lowest BCUT2D eigenvalue weighted by Gasteiger charge is -2.05. The second kappa shape index (κ2) is 5.37. The first-order valence-corrected chi connectivity index (χ1v) is 4.89. The summed E-state index contributed by atoms with van der Waals surface area (Å²) < 4.78 is 0. The van der Waals surface area contributed by atoms with Crippen molar-refractivity contribution in [3.8, 4) is 0 Å². The minimum Gasteiger partial charge on any atom is -0.370 e. The number of aryl methyl sites for hydroxylation is 2. The molecule has 0 aromatic carbocycles. The fraction of sp³-hybridized carbons (Fsp3) is 0.455. The third-order valence-corrected chi connectivity index (χ3v) is 1.82. The third kappa shape index (κ3) is 3.56. The van der Waals surface area contributed by atoms with E-state index in [1.54, 1.807) is 0 Å². The van der Waals surface area contributed by atoms with E-state index in [-0.39, 0.29) is 0 Å². The lowest BCUT2D eigenvalue weighted by Crippen LogP contribution is -2.04. The summed E-state index contributed by atoms with van der Waals surface area (Å²) in [6, 6.07) is 1.96. The first-order valence-electron chi connectivity index (χ1n) is 4.89. The first kappa shape index (κ1) is 10.7. The van der Waals surface area contributed by atoms with E-state index >= 15 is 0 Å². The van der Waals surface area contributed by atoms with Gasteiger partial charge in [0.05, 0.1) is 0 Å². The number of allylic oxidation sites excluding steroid dienone is 1. The molecule has 0 fully saturated rings. The van der Waals surface area contributed by atoms with Crippen molar-refractivity contribution in [1.82, 2.24) is 9.97 Å². The maximum atomic E-state index is 4.29. The summed E-state index contributed by atoms with van der Waals surface area (Å²) in [6.07, 6.45) is 5.21. The van der Waals surface area contributed by atoms with Crippen LogP contribution in [-0.2, 0) is 0 Å². The maximum absolute atomic E-state index is 4.29. The summed E-state index contributed by atoms with van der Waals surface area (Å²) in [5.74, 6) is 1.73. The molecule has 0 bridgehead atoms. The summed E-state index contributed by atoms with van der Waals surface area (Å²) in [6.45, 7) is 6.83. The number of nitrogens with zero attached hydrogens (tertiary/aromatic N) is 2. The third-order valence-electron chi connectivity index (χ3n) is 1.82. The van der Waals surface area contributed by atoms with Crippen LogP contribution in [0.25, 0.3) is 0 Å². The minimum absolute atomic E-state index is 0.818. The highest BCUT2D eigenvalue weighted by Crippen LogP contribution is 2.05. The van der Waals surface area contributed by atoms with Gasteiger partial charge in [0, 0.05) is 18.3 Å². The lowest BCUT2D eigenvalue weighted by atomic mass is 10.3. The van der Waals surface area contributed by atoms with Crippen LogP contribution >= 0.6 is 0 Å². The van der Waals surface area contributed by atoms with Gasteiger partial charge in [-0.15, -0.1) is 0 Å². The van der Waals surface area contributed by atoms with Gasteiger partial charge in [-0.2, -0.15) is 0 Å². The van der Waals surface area contributed by atoms with Crippen LogP contribution in [0, 0.1) is 13.8 Å². The van der Waals surface area contributed by atoms with E-state index < -0.39 is 0 Å². The highest BCUT2D eigenvalue weighted by molar-refractivity contribution is 5.35. The van der Waals surface area contributed by atoms with Crippen LogP contribution in [0.15, 0.2) is 18.2 Å². The molecule has 1 aromatic heterocycles. The number of hydrogen-bond acceptors (Lipinski definition) is 3. The Kier molecular flexibility index (Phi) is 4.11. The molecule has 0 saturated heterocycles. The van der Waals surface area contributed by atoms with Crippen molar-refractivity contribution in [2.45, 2.75) is 27.2 Å². The van der Waals surface area contributed by atoms with E-state index in [0.717, 1.165) is 30.3 Å². The standard InChI is InChI=1S/C11H17N3/c1-4-5-6-7-12-11-8-9(2)13-10(3)14-11/h4-5,8H,6-7H2,1-3H3,(H,12,13,14)/b5-4+. The predicted molar refractivity (Wildman–Crippen MR) is 59.4 cm³/mol. The number of nitrogens with one attached hydrogen (secondary N) is 1. The second-order valence-electron chi connectivity index (χ2n) is 3.23. The molecule has 0 radical (unpaired) electrons. The van der Waals surface area contributed by atoms with E-state index in [1.165, 1.54) is 0 Å². The van der Waals surface area contributed by atoms with E-state index in [0.29, 0.717) is 0 Å². The Morgan fingerprint density at radius 1 is 1.36 bits per heavy atom. The normalized spacial score (nSPS) is 10.8. The van der Waals surface area contributed by atoms with Gasteiger partial charge in [0.25, 0.3) is 0 Å². The second-order valence-corrected chi connectivity index (χ2v) is 3.23. The smallest absolute Gasteiger partial charge is 0.129 e. The fourth-order valence-electron chi connectivity index (χ4n) is 1.26. The summed E-state index contributed by atoms with van der Waals surface area (Å²) in [5.41, 5.74) is 1.01. The van der Waals surface area contributed by atoms with Crippen molar-refractivity contribution < 1.29 is 0 Å². The van der Waals surface area contributed by atoms with Crippen molar-refractivity contribution in [3.05, 3.63) is 29.7 Å². The average Bonchev–Trinajstić information content (AvgIpc) is 2.11. The summed E-state index contributed by atoms with van der Waals surface area (Å²) in [4.78, 5) is 8.50. The van der Waals surface area contributed by atoms with Crippen LogP contribution in [0.2, 0.25) is 0 Å². The van der Waals surface area contributed by atoms with Gasteiger partial charge in [-0.3, -0.25) is 0 Å². The predicted octanol–water partition coefficient (Wildman–Crippen LogP) is 2.47. The Hall–Kier alpha value is -1.38. The summed E-state index contributed by atoms with van der Waals surface area (Å²) in [5, 5.41) is 3.26. The molecule has 0 aliphatic rings. The van der Waals surface area contributed by atoms with Gasteiger partial charge < -0.3 is 5.32 Å². The van der Waals surface area contributed by atoms with Gasteiger partial charge in [0.1, 0.15) is 11.6 Å². The minimum atomic E-state index is 0.818. The van der Waals surface area contributed by atoms with E-state index in [1.807, 2.05) is 26.8 Å². The topological polar surface area (TPSA) is 37.8 Å². The molecule has 76 valence electrons. The van der Waals surface area contributed by atoms with Crippen LogP contribution < -0.4 is 5.32 Å². The molecule has 1 aromatic rings. The molecule has 14 heavy (non-hydrogen) atoms. The molecule has 0 unspecified atom stereocenters. The van der Waals surface area contributed by atoms with E-state index in [2.05, 4.69) is 27.4 Å². The zero-order chi connectivity index (χ0) is 10.4. The molecule has 1 rings (SSSR count). The summed E-state index contributed by atoms with van der Waals surface area (Å²) in [7, 11) is 0. The number of rotatable bonds is 4. The molecular formula is C11H17N3. The molecule has 1 N–H and O–H groups in total. The van der Waals surface area contributed by atoms with Crippen molar-refractivity contribution in [1.29, 1.82) is 0 Å². The molecule has 3 nitrogen and oxygen atoms in total. The van der Waals surface area contributed by atoms with Crippen LogP contribution in [0.1, 0.15) is 24.9 Å². The maximum Gasteiger partial charge on any atom is 0.129 e. The monoisotopic (exact) mass is 191 g/mol. The molecular weight excluding hydrogens is 174 g/mol. The molecule has 1 heterocycles. The molecule has 0 atom stereocenters. The quantitative estimate of drug-likeness (QED) is 0.587. The van der Waals surface area contributed by atoms with Crippen LogP contribution in [-0.4, -0.2) is 16.5 Å². The summed E-state index contributed by atoms with van der Waals surface area (Å²) >= 11 is 0. The van der Waals surface area contributed by atoms with Gasteiger partial charge in [-0.25, -0.2) is 9.97 Å². The van der Waals surface area contributed by atoms with Crippen molar-refractivity contribution in [2.75, 3.05) is 11.9 Å². The Morgan fingerprint density at radius 3 is 2.79 bits per heavy atom. The van der Waals surface area contributed by atoms with E-state index in [4.69, 9.17) is 0 Å². The zero-order valence-electron chi connectivity index (χ0n) is 9.04. The zero-order valence-corrected chi connectivity index (χ0v) is 9.04. The Labute approximate surface area is 85.3 Å². The van der Waals surface area contributed by atoms with Crippen LogP contribution in [0.4, 0.5) is 5.82 Å². The van der Waals surface area contributed by atoms with Gasteiger partial charge in [0.15, 0.2) is 0 Å². The van der Waals surface area contributed by atoms with E-state index in [9.17, 15) is 0 Å². The number of anilines is 1. The molecule has 0 spiro atoms. The highest BCUT2D eigenvalue weighted by Gasteiger charge is 1.96. The first-order chi connectivity index (χ1) is 6.72. The molecule has 0 aliphatic carbocycles.